The number of carbonyl (C=O) groups is 3. The summed E-state index contributed by atoms with van der Waals surface area (Å²) in [6, 6.07) is 3.24. The molecule has 7 heteroatoms. The van der Waals surface area contributed by atoms with Gasteiger partial charge in [-0.2, -0.15) is 0 Å². The predicted molar refractivity (Wildman–Crippen MR) is 74.9 cm³/mol. The second kappa shape index (κ2) is 6.04. The normalized spacial score (nSPS) is 21.4. The van der Waals surface area contributed by atoms with Crippen LogP contribution in [0.25, 0.3) is 0 Å². The first-order valence-electron chi connectivity index (χ1n) is 6.37. The molecule has 1 aliphatic rings. The fourth-order valence-corrected chi connectivity index (χ4v) is 3.15. The van der Waals surface area contributed by atoms with Crippen molar-refractivity contribution in [1.29, 1.82) is 0 Å². The van der Waals surface area contributed by atoms with Crippen LogP contribution in [0, 0.1) is 5.92 Å². The van der Waals surface area contributed by atoms with Gasteiger partial charge in [0.15, 0.2) is 0 Å². The van der Waals surface area contributed by atoms with Crippen molar-refractivity contribution in [3.8, 4) is 0 Å². The topological polar surface area (TPSA) is 95.5 Å². The Bertz CT molecular complexity index is 540. The van der Waals surface area contributed by atoms with Crippen molar-refractivity contribution in [2.24, 2.45) is 5.92 Å². The molecule has 3 N–H and O–H groups in total. The van der Waals surface area contributed by atoms with Crippen molar-refractivity contribution in [3.63, 3.8) is 0 Å². The second-order valence-corrected chi connectivity index (χ2v) is 5.95. The summed E-state index contributed by atoms with van der Waals surface area (Å²) >= 11 is 1.20. The number of nitrogens with one attached hydrogen (secondary N) is 2. The molecule has 0 unspecified atom stereocenters. The number of aliphatic carboxylic acids is 1. The molecule has 1 saturated carbocycles. The van der Waals surface area contributed by atoms with Gasteiger partial charge in [-0.3, -0.25) is 14.4 Å². The van der Waals surface area contributed by atoms with Gasteiger partial charge in [-0.15, -0.1) is 11.3 Å². The Hall–Kier alpha value is -1.89. The summed E-state index contributed by atoms with van der Waals surface area (Å²) in [5.74, 6) is -1.56. The van der Waals surface area contributed by atoms with Gasteiger partial charge in [0.25, 0.3) is 5.91 Å². The molecule has 1 aliphatic carbocycles. The third-order valence-electron chi connectivity index (χ3n) is 3.25. The maximum absolute atomic E-state index is 12.0. The molecule has 1 heterocycles. The summed E-state index contributed by atoms with van der Waals surface area (Å²) in [7, 11) is 0. The molecule has 0 saturated heterocycles. The summed E-state index contributed by atoms with van der Waals surface area (Å²) in [6.07, 6.45) is 1.76. The lowest BCUT2D eigenvalue weighted by Crippen LogP contribution is -2.32. The first kappa shape index (κ1) is 14.5. The molecule has 1 fully saturated rings. The zero-order chi connectivity index (χ0) is 14.7. The number of rotatable bonds is 4. The molecule has 20 heavy (non-hydrogen) atoms. The molecule has 2 amide bonds. The number of carbonyl (C=O) groups excluding carboxylic acids is 2. The Balaban J connectivity index is 1.90. The monoisotopic (exact) mass is 296 g/mol. The van der Waals surface area contributed by atoms with Crippen molar-refractivity contribution in [2.45, 2.75) is 32.2 Å². The Labute approximate surface area is 120 Å². The summed E-state index contributed by atoms with van der Waals surface area (Å²) < 4.78 is 0. The molecule has 108 valence electrons. The van der Waals surface area contributed by atoms with E-state index >= 15 is 0 Å². The predicted octanol–water partition coefficient (Wildman–Crippen LogP) is 1.69. The first-order chi connectivity index (χ1) is 9.45. The minimum atomic E-state index is -0.800. The minimum absolute atomic E-state index is 0.0880. The summed E-state index contributed by atoms with van der Waals surface area (Å²) in [5.41, 5.74) is 0. The molecule has 2 rings (SSSR count). The van der Waals surface area contributed by atoms with E-state index in [4.69, 9.17) is 5.11 Å². The lowest BCUT2D eigenvalue weighted by Gasteiger charge is -2.11. The standard InChI is InChI=1S/C13H16N2O4S/c1-7(16)14-11-5-4-10(20-11)12(17)15-9-3-2-8(6-9)13(18)19/h4-5,8-9H,2-3,6H2,1H3,(H,14,16)(H,15,17)(H,18,19)/t8-,9+/m1/s1. The third-order valence-corrected chi connectivity index (χ3v) is 4.25. The van der Waals surface area contributed by atoms with Crippen LogP contribution in [0.5, 0.6) is 0 Å². The number of amides is 2. The van der Waals surface area contributed by atoms with E-state index in [0.717, 1.165) is 0 Å². The first-order valence-corrected chi connectivity index (χ1v) is 7.18. The lowest BCUT2D eigenvalue weighted by molar-refractivity contribution is -0.141. The lowest BCUT2D eigenvalue weighted by atomic mass is 10.1. The zero-order valence-electron chi connectivity index (χ0n) is 11.0. The number of hydrogen-bond acceptors (Lipinski definition) is 4. The Morgan fingerprint density at radius 2 is 2.05 bits per heavy atom. The van der Waals surface area contributed by atoms with Gasteiger partial charge in [-0.1, -0.05) is 0 Å². The van der Waals surface area contributed by atoms with Crippen LogP contribution in [0.1, 0.15) is 35.9 Å². The summed E-state index contributed by atoms with van der Waals surface area (Å²) in [5, 5.41) is 15.0. The number of hydrogen-bond donors (Lipinski definition) is 3. The molecule has 0 aliphatic heterocycles. The van der Waals surface area contributed by atoms with E-state index in [1.165, 1.54) is 18.3 Å². The van der Waals surface area contributed by atoms with Gasteiger partial charge < -0.3 is 15.7 Å². The van der Waals surface area contributed by atoms with E-state index in [1.54, 1.807) is 12.1 Å². The van der Waals surface area contributed by atoms with Crippen molar-refractivity contribution < 1.29 is 19.5 Å². The van der Waals surface area contributed by atoms with Crippen LogP contribution in [-0.2, 0) is 9.59 Å². The van der Waals surface area contributed by atoms with Crippen LogP contribution in [0.4, 0.5) is 5.00 Å². The van der Waals surface area contributed by atoms with Crippen LogP contribution in [0.3, 0.4) is 0 Å². The van der Waals surface area contributed by atoms with Gasteiger partial charge in [-0.05, 0) is 31.4 Å². The number of carboxylic acid groups (broad SMARTS) is 1. The highest BCUT2D eigenvalue weighted by molar-refractivity contribution is 7.18. The van der Waals surface area contributed by atoms with E-state index in [-0.39, 0.29) is 23.8 Å². The summed E-state index contributed by atoms with van der Waals surface area (Å²) in [4.78, 5) is 34.3. The molecule has 6 nitrogen and oxygen atoms in total. The highest BCUT2D eigenvalue weighted by Gasteiger charge is 2.30. The van der Waals surface area contributed by atoms with Crippen LogP contribution in [0.2, 0.25) is 0 Å². The van der Waals surface area contributed by atoms with E-state index in [0.29, 0.717) is 29.1 Å². The minimum Gasteiger partial charge on any atom is -0.481 e. The Morgan fingerprint density at radius 3 is 2.65 bits per heavy atom. The highest BCUT2D eigenvalue weighted by atomic mass is 32.1. The highest BCUT2D eigenvalue weighted by Crippen LogP contribution is 2.27. The van der Waals surface area contributed by atoms with Crippen molar-refractivity contribution >= 4 is 34.1 Å². The van der Waals surface area contributed by atoms with E-state index < -0.39 is 5.97 Å². The molecule has 0 aromatic carbocycles. The Kier molecular flexibility index (Phi) is 4.39. The zero-order valence-corrected chi connectivity index (χ0v) is 11.8. The van der Waals surface area contributed by atoms with Gasteiger partial charge in [0.1, 0.15) is 0 Å². The molecular formula is C13H16N2O4S. The number of carboxylic acids is 1. The van der Waals surface area contributed by atoms with Gasteiger partial charge >= 0.3 is 5.97 Å². The van der Waals surface area contributed by atoms with Crippen LogP contribution in [-0.4, -0.2) is 28.9 Å². The van der Waals surface area contributed by atoms with Gasteiger partial charge in [0.05, 0.1) is 15.8 Å². The summed E-state index contributed by atoms with van der Waals surface area (Å²) in [6.45, 7) is 1.41. The van der Waals surface area contributed by atoms with Crippen molar-refractivity contribution in [2.75, 3.05) is 5.32 Å². The quantitative estimate of drug-likeness (QED) is 0.788. The van der Waals surface area contributed by atoms with Crippen molar-refractivity contribution in [3.05, 3.63) is 17.0 Å². The van der Waals surface area contributed by atoms with E-state index in [1.807, 2.05) is 0 Å². The molecule has 0 bridgehead atoms. The smallest absolute Gasteiger partial charge is 0.306 e. The van der Waals surface area contributed by atoms with Gasteiger partial charge in [0, 0.05) is 13.0 Å². The molecule has 2 atom stereocenters. The fourth-order valence-electron chi connectivity index (χ4n) is 2.29. The third kappa shape index (κ3) is 3.57. The van der Waals surface area contributed by atoms with Crippen LogP contribution >= 0.6 is 11.3 Å². The van der Waals surface area contributed by atoms with Crippen LogP contribution in [0.15, 0.2) is 12.1 Å². The van der Waals surface area contributed by atoms with E-state index in [9.17, 15) is 14.4 Å². The largest absolute Gasteiger partial charge is 0.481 e. The number of thiophene rings is 1. The fraction of sp³-hybridized carbons (Fsp3) is 0.462. The molecule has 1 aromatic rings. The van der Waals surface area contributed by atoms with Gasteiger partial charge in [0.2, 0.25) is 5.91 Å². The number of anilines is 1. The van der Waals surface area contributed by atoms with Crippen molar-refractivity contribution in [1.82, 2.24) is 5.32 Å². The molecule has 1 aromatic heterocycles. The maximum atomic E-state index is 12.0. The van der Waals surface area contributed by atoms with Crippen LogP contribution < -0.4 is 10.6 Å². The van der Waals surface area contributed by atoms with Gasteiger partial charge in [-0.25, -0.2) is 0 Å². The Morgan fingerprint density at radius 1 is 1.30 bits per heavy atom. The average molecular weight is 296 g/mol. The molecule has 0 spiro atoms. The molecule has 0 radical (unpaired) electrons. The average Bonchev–Trinajstić information content (AvgIpc) is 2.97. The van der Waals surface area contributed by atoms with E-state index in [2.05, 4.69) is 10.6 Å². The molecular weight excluding hydrogens is 280 g/mol. The second-order valence-electron chi connectivity index (χ2n) is 4.86. The SMILES string of the molecule is CC(=O)Nc1ccc(C(=O)N[C@H]2CC[C@@H](C(=O)O)C2)s1. The maximum Gasteiger partial charge on any atom is 0.306 e.